The van der Waals surface area contributed by atoms with Crippen molar-refractivity contribution in [2.75, 3.05) is 20.8 Å². The average Bonchev–Trinajstić information content (AvgIpc) is 2.62. The molecule has 0 atom stereocenters. The molecule has 0 spiro atoms. The standard InChI is InChI=1S/C19H22BrNO4/c1-4-21-12-14-11-15(20)6-8-16(14)25-18-9-13(10-19(22)24-3)5-7-17(18)23-2/h5-9,11,21H,4,10,12H2,1-3H3. The van der Waals surface area contributed by atoms with Crippen LogP contribution in [0.25, 0.3) is 0 Å². The Morgan fingerprint density at radius 2 is 1.84 bits per heavy atom. The molecule has 0 fully saturated rings. The summed E-state index contributed by atoms with van der Waals surface area (Å²) in [6, 6.07) is 11.3. The molecule has 0 radical (unpaired) electrons. The summed E-state index contributed by atoms with van der Waals surface area (Å²) in [4.78, 5) is 11.5. The molecule has 25 heavy (non-hydrogen) atoms. The largest absolute Gasteiger partial charge is 0.493 e. The molecule has 0 aliphatic heterocycles. The van der Waals surface area contributed by atoms with Gasteiger partial charge in [0.2, 0.25) is 0 Å². The van der Waals surface area contributed by atoms with Gasteiger partial charge in [0, 0.05) is 16.6 Å². The molecule has 1 N–H and O–H groups in total. The lowest BCUT2D eigenvalue weighted by molar-refractivity contribution is -0.139. The van der Waals surface area contributed by atoms with E-state index >= 15 is 0 Å². The minimum Gasteiger partial charge on any atom is -0.493 e. The molecule has 0 saturated heterocycles. The average molecular weight is 408 g/mol. The van der Waals surface area contributed by atoms with E-state index in [1.54, 1.807) is 19.2 Å². The van der Waals surface area contributed by atoms with Gasteiger partial charge in [0.1, 0.15) is 5.75 Å². The first-order valence-corrected chi connectivity index (χ1v) is 8.77. The maximum absolute atomic E-state index is 11.5. The molecule has 2 aromatic rings. The highest BCUT2D eigenvalue weighted by Crippen LogP contribution is 2.35. The number of rotatable bonds is 8. The molecule has 134 valence electrons. The number of carbonyl (C=O) groups excluding carboxylic acids is 1. The second-order valence-electron chi connectivity index (χ2n) is 5.37. The number of esters is 1. The summed E-state index contributed by atoms with van der Waals surface area (Å²) in [6.45, 7) is 3.61. The molecule has 5 nitrogen and oxygen atoms in total. The van der Waals surface area contributed by atoms with Crippen LogP contribution >= 0.6 is 15.9 Å². The number of ether oxygens (including phenoxy) is 3. The third-order valence-corrected chi connectivity index (χ3v) is 4.11. The fourth-order valence-corrected chi connectivity index (χ4v) is 2.72. The Bertz CT molecular complexity index is 733. The molecule has 6 heteroatoms. The summed E-state index contributed by atoms with van der Waals surface area (Å²) >= 11 is 3.49. The highest BCUT2D eigenvalue weighted by molar-refractivity contribution is 9.10. The normalized spacial score (nSPS) is 10.4. The van der Waals surface area contributed by atoms with Gasteiger partial charge in [-0.25, -0.2) is 0 Å². The second-order valence-corrected chi connectivity index (χ2v) is 6.29. The zero-order valence-corrected chi connectivity index (χ0v) is 16.2. The number of halogens is 1. The van der Waals surface area contributed by atoms with Crippen LogP contribution in [0.1, 0.15) is 18.1 Å². The van der Waals surface area contributed by atoms with Gasteiger partial charge in [-0.3, -0.25) is 4.79 Å². The topological polar surface area (TPSA) is 56.8 Å². The fraction of sp³-hybridized carbons (Fsp3) is 0.316. The summed E-state index contributed by atoms with van der Waals surface area (Å²) in [5.74, 6) is 1.60. The van der Waals surface area contributed by atoms with E-state index in [1.165, 1.54) is 7.11 Å². The Labute approximate surface area is 156 Å². The van der Waals surface area contributed by atoms with E-state index in [-0.39, 0.29) is 12.4 Å². The molecular weight excluding hydrogens is 386 g/mol. The predicted molar refractivity (Wildman–Crippen MR) is 100 cm³/mol. The van der Waals surface area contributed by atoms with Crippen LogP contribution in [0, 0.1) is 0 Å². The van der Waals surface area contributed by atoms with E-state index in [4.69, 9.17) is 14.2 Å². The predicted octanol–water partition coefficient (Wildman–Crippen LogP) is 4.08. The lowest BCUT2D eigenvalue weighted by atomic mass is 10.1. The fourth-order valence-electron chi connectivity index (χ4n) is 2.31. The van der Waals surface area contributed by atoms with Gasteiger partial charge >= 0.3 is 5.97 Å². The van der Waals surface area contributed by atoms with Crippen LogP contribution in [0.4, 0.5) is 0 Å². The lowest BCUT2D eigenvalue weighted by Crippen LogP contribution is -2.12. The van der Waals surface area contributed by atoms with E-state index in [2.05, 4.69) is 28.2 Å². The van der Waals surface area contributed by atoms with Crippen molar-refractivity contribution in [3.8, 4) is 17.2 Å². The summed E-state index contributed by atoms with van der Waals surface area (Å²) in [7, 11) is 2.96. The first-order chi connectivity index (χ1) is 12.1. The van der Waals surface area contributed by atoms with Crippen molar-refractivity contribution in [1.29, 1.82) is 0 Å². The van der Waals surface area contributed by atoms with E-state index in [9.17, 15) is 4.79 Å². The summed E-state index contributed by atoms with van der Waals surface area (Å²) in [5.41, 5.74) is 1.82. The van der Waals surface area contributed by atoms with Crippen LogP contribution in [0.5, 0.6) is 17.2 Å². The quantitative estimate of drug-likeness (QED) is 0.668. The molecule has 0 aromatic heterocycles. The number of methoxy groups -OCH3 is 2. The first-order valence-electron chi connectivity index (χ1n) is 7.98. The Kier molecular flexibility index (Phi) is 7.28. The van der Waals surface area contributed by atoms with Gasteiger partial charge in [-0.1, -0.05) is 28.9 Å². The van der Waals surface area contributed by atoms with Gasteiger partial charge in [0.25, 0.3) is 0 Å². The number of hydrogen-bond acceptors (Lipinski definition) is 5. The molecule has 2 aromatic carbocycles. The molecule has 2 rings (SSSR count). The van der Waals surface area contributed by atoms with Crippen molar-refractivity contribution in [3.63, 3.8) is 0 Å². The van der Waals surface area contributed by atoms with Crippen molar-refractivity contribution in [2.24, 2.45) is 0 Å². The van der Waals surface area contributed by atoms with Crippen LogP contribution in [0.3, 0.4) is 0 Å². The second kappa shape index (κ2) is 9.44. The summed E-state index contributed by atoms with van der Waals surface area (Å²) in [5, 5.41) is 3.30. The van der Waals surface area contributed by atoms with Crippen LogP contribution in [0.15, 0.2) is 40.9 Å². The molecule has 0 bridgehead atoms. The Hall–Kier alpha value is -2.05. The molecule has 0 amide bonds. The van der Waals surface area contributed by atoms with Crippen LogP contribution in [-0.4, -0.2) is 26.7 Å². The number of hydrogen-bond donors (Lipinski definition) is 1. The minimum absolute atomic E-state index is 0.182. The van der Waals surface area contributed by atoms with Crippen molar-refractivity contribution in [1.82, 2.24) is 5.32 Å². The van der Waals surface area contributed by atoms with Gasteiger partial charge in [0.05, 0.1) is 20.6 Å². The van der Waals surface area contributed by atoms with Gasteiger partial charge < -0.3 is 19.5 Å². The monoisotopic (exact) mass is 407 g/mol. The van der Waals surface area contributed by atoms with Gasteiger partial charge in [-0.15, -0.1) is 0 Å². The number of benzene rings is 2. The minimum atomic E-state index is -0.299. The molecule has 0 heterocycles. The van der Waals surface area contributed by atoms with E-state index < -0.39 is 0 Å². The molecule has 0 aliphatic carbocycles. The highest BCUT2D eigenvalue weighted by atomic mass is 79.9. The van der Waals surface area contributed by atoms with Crippen molar-refractivity contribution < 1.29 is 19.0 Å². The van der Waals surface area contributed by atoms with E-state index in [0.29, 0.717) is 18.0 Å². The molecule has 0 unspecified atom stereocenters. The van der Waals surface area contributed by atoms with Crippen molar-refractivity contribution >= 4 is 21.9 Å². The Morgan fingerprint density at radius 3 is 2.52 bits per heavy atom. The number of carbonyl (C=O) groups is 1. The Morgan fingerprint density at radius 1 is 1.08 bits per heavy atom. The van der Waals surface area contributed by atoms with Crippen LogP contribution in [0.2, 0.25) is 0 Å². The highest BCUT2D eigenvalue weighted by Gasteiger charge is 2.12. The third kappa shape index (κ3) is 5.47. The maximum Gasteiger partial charge on any atom is 0.309 e. The van der Waals surface area contributed by atoms with Gasteiger partial charge in [0.15, 0.2) is 11.5 Å². The number of nitrogens with one attached hydrogen (secondary N) is 1. The summed E-state index contributed by atoms with van der Waals surface area (Å²) < 4.78 is 17.2. The van der Waals surface area contributed by atoms with Crippen LogP contribution in [-0.2, 0) is 22.5 Å². The van der Waals surface area contributed by atoms with Crippen molar-refractivity contribution in [2.45, 2.75) is 19.9 Å². The maximum atomic E-state index is 11.5. The SMILES string of the molecule is CCNCc1cc(Br)ccc1Oc1cc(CC(=O)OC)ccc1OC. The van der Waals surface area contributed by atoms with E-state index in [0.717, 1.165) is 27.9 Å². The first kappa shape index (κ1) is 19.3. The molecule has 0 saturated carbocycles. The smallest absolute Gasteiger partial charge is 0.309 e. The van der Waals surface area contributed by atoms with Gasteiger partial charge in [-0.2, -0.15) is 0 Å². The van der Waals surface area contributed by atoms with Crippen LogP contribution < -0.4 is 14.8 Å². The zero-order valence-electron chi connectivity index (χ0n) is 14.6. The summed E-state index contributed by atoms with van der Waals surface area (Å²) in [6.07, 6.45) is 0.182. The molecule has 0 aliphatic rings. The third-order valence-electron chi connectivity index (χ3n) is 3.61. The zero-order chi connectivity index (χ0) is 18.2. The van der Waals surface area contributed by atoms with Gasteiger partial charge in [-0.05, 0) is 42.4 Å². The molecular formula is C19H22BrNO4. The van der Waals surface area contributed by atoms with E-state index in [1.807, 2.05) is 24.3 Å². The van der Waals surface area contributed by atoms with Crippen molar-refractivity contribution in [3.05, 3.63) is 52.0 Å². The Balaban J connectivity index is 2.31. The lowest BCUT2D eigenvalue weighted by Gasteiger charge is -2.15.